The molecule has 0 bridgehead atoms. The normalized spacial score (nSPS) is 10.8. The minimum Gasteiger partial charge on any atom is -0.452 e. The van der Waals surface area contributed by atoms with Gasteiger partial charge >= 0.3 is 0 Å². The molecule has 0 saturated heterocycles. The lowest BCUT2D eigenvalue weighted by Gasteiger charge is -1.97. The van der Waals surface area contributed by atoms with E-state index in [-0.39, 0.29) is 17.4 Å². The summed E-state index contributed by atoms with van der Waals surface area (Å²) in [6.07, 6.45) is 0. The third-order valence-corrected chi connectivity index (χ3v) is 3.07. The highest BCUT2D eigenvalue weighted by atomic mass is 19.1. The quantitative estimate of drug-likeness (QED) is 0.644. The number of halogens is 1. The van der Waals surface area contributed by atoms with E-state index in [4.69, 9.17) is 4.42 Å². The number of ketones is 1. The number of para-hydroxylation sites is 1. The highest BCUT2D eigenvalue weighted by Crippen LogP contribution is 2.24. The van der Waals surface area contributed by atoms with Crippen LogP contribution in [0.2, 0.25) is 0 Å². The van der Waals surface area contributed by atoms with Crippen molar-refractivity contribution in [3.05, 3.63) is 71.2 Å². The number of fused-ring (bicyclic) bond motifs is 1. The molecule has 0 atom stereocenters. The first-order chi connectivity index (χ1) is 9.15. The van der Waals surface area contributed by atoms with Gasteiger partial charge in [-0.15, -0.1) is 0 Å². The van der Waals surface area contributed by atoms with Crippen molar-refractivity contribution in [2.75, 3.05) is 0 Å². The molecular weight excluding hydrogens is 243 g/mol. The Morgan fingerprint density at radius 2 is 1.84 bits per heavy atom. The molecule has 3 heteroatoms. The molecule has 0 radical (unpaired) electrons. The van der Waals surface area contributed by atoms with Crippen LogP contribution in [-0.2, 0) is 0 Å². The molecule has 0 N–H and O–H groups in total. The monoisotopic (exact) mass is 254 g/mol. The van der Waals surface area contributed by atoms with Crippen LogP contribution in [0.4, 0.5) is 4.39 Å². The molecule has 0 aliphatic carbocycles. The van der Waals surface area contributed by atoms with Crippen molar-refractivity contribution >= 4 is 16.8 Å². The molecule has 0 spiro atoms. The fourth-order valence-corrected chi connectivity index (χ4v) is 2.06. The number of rotatable bonds is 2. The zero-order chi connectivity index (χ0) is 13.4. The van der Waals surface area contributed by atoms with E-state index >= 15 is 0 Å². The summed E-state index contributed by atoms with van der Waals surface area (Å²) in [7, 11) is 0. The standard InChI is InChI=1S/C16H11FO2/c1-10-3-2-4-12-9-14(19-16(10)12)15(18)11-5-7-13(17)8-6-11/h2-9H,1H3. The van der Waals surface area contributed by atoms with E-state index in [0.29, 0.717) is 11.1 Å². The zero-order valence-corrected chi connectivity index (χ0v) is 10.3. The lowest BCUT2D eigenvalue weighted by atomic mass is 10.1. The van der Waals surface area contributed by atoms with Crippen molar-refractivity contribution in [3.63, 3.8) is 0 Å². The number of hydrogen-bond donors (Lipinski definition) is 0. The number of aryl methyl sites for hydroxylation is 1. The third-order valence-electron chi connectivity index (χ3n) is 3.07. The first-order valence-electron chi connectivity index (χ1n) is 5.94. The summed E-state index contributed by atoms with van der Waals surface area (Å²) in [6, 6.07) is 12.9. The second kappa shape index (κ2) is 4.35. The van der Waals surface area contributed by atoms with Gasteiger partial charge in [0.1, 0.15) is 11.4 Å². The van der Waals surface area contributed by atoms with E-state index in [1.165, 1.54) is 24.3 Å². The molecule has 0 saturated carbocycles. The van der Waals surface area contributed by atoms with Crippen LogP contribution in [0, 0.1) is 12.7 Å². The maximum atomic E-state index is 12.8. The summed E-state index contributed by atoms with van der Waals surface area (Å²) in [4.78, 5) is 12.2. The molecule has 2 aromatic carbocycles. The first kappa shape index (κ1) is 11.7. The van der Waals surface area contributed by atoms with Gasteiger partial charge in [0.2, 0.25) is 5.78 Å². The number of carbonyl (C=O) groups is 1. The van der Waals surface area contributed by atoms with Gasteiger partial charge in [0.25, 0.3) is 0 Å². The summed E-state index contributed by atoms with van der Waals surface area (Å²) in [5.41, 5.74) is 2.11. The highest BCUT2D eigenvalue weighted by molar-refractivity contribution is 6.09. The predicted molar refractivity (Wildman–Crippen MR) is 70.8 cm³/mol. The molecule has 0 unspecified atom stereocenters. The molecule has 2 nitrogen and oxygen atoms in total. The van der Waals surface area contributed by atoms with Gasteiger partial charge in [-0.1, -0.05) is 18.2 Å². The molecule has 0 aliphatic rings. The van der Waals surface area contributed by atoms with Crippen molar-refractivity contribution < 1.29 is 13.6 Å². The molecule has 1 aromatic heterocycles. The molecule has 0 aliphatic heterocycles. The summed E-state index contributed by atoms with van der Waals surface area (Å²) < 4.78 is 18.4. The first-order valence-corrected chi connectivity index (χ1v) is 5.94. The highest BCUT2D eigenvalue weighted by Gasteiger charge is 2.15. The van der Waals surface area contributed by atoms with Crippen LogP contribution in [-0.4, -0.2) is 5.78 Å². The van der Waals surface area contributed by atoms with E-state index in [9.17, 15) is 9.18 Å². The van der Waals surface area contributed by atoms with Gasteiger partial charge in [0.15, 0.2) is 5.76 Å². The maximum absolute atomic E-state index is 12.8. The minimum absolute atomic E-state index is 0.240. The summed E-state index contributed by atoms with van der Waals surface area (Å²) in [6.45, 7) is 1.93. The number of furan rings is 1. The van der Waals surface area contributed by atoms with Gasteiger partial charge in [-0.3, -0.25) is 4.79 Å². The minimum atomic E-state index is -0.364. The Bertz CT molecular complexity index is 754. The van der Waals surface area contributed by atoms with E-state index in [0.717, 1.165) is 10.9 Å². The molecule has 3 aromatic rings. The fraction of sp³-hybridized carbons (Fsp3) is 0.0625. The van der Waals surface area contributed by atoms with Crippen molar-refractivity contribution in [1.29, 1.82) is 0 Å². The van der Waals surface area contributed by atoms with Crippen LogP contribution in [0.1, 0.15) is 21.7 Å². The van der Waals surface area contributed by atoms with Gasteiger partial charge < -0.3 is 4.42 Å². The molecule has 19 heavy (non-hydrogen) atoms. The van der Waals surface area contributed by atoms with Crippen LogP contribution < -0.4 is 0 Å². The maximum Gasteiger partial charge on any atom is 0.228 e. The van der Waals surface area contributed by atoms with Crippen molar-refractivity contribution in [2.45, 2.75) is 6.92 Å². The van der Waals surface area contributed by atoms with E-state index in [1.807, 2.05) is 25.1 Å². The molecule has 0 amide bonds. The van der Waals surface area contributed by atoms with Crippen molar-refractivity contribution in [1.82, 2.24) is 0 Å². The van der Waals surface area contributed by atoms with Crippen LogP contribution in [0.5, 0.6) is 0 Å². The van der Waals surface area contributed by atoms with Gasteiger partial charge in [-0.25, -0.2) is 4.39 Å². The van der Waals surface area contributed by atoms with Crippen LogP contribution in [0.3, 0.4) is 0 Å². The van der Waals surface area contributed by atoms with E-state index in [2.05, 4.69) is 0 Å². The van der Waals surface area contributed by atoms with Gasteiger partial charge in [0, 0.05) is 10.9 Å². The molecule has 0 fully saturated rings. The average molecular weight is 254 g/mol. The van der Waals surface area contributed by atoms with E-state index in [1.54, 1.807) is 6.07 Å². The number of benzene rings is 2. The number of carbonyl (C=O) groups excluding carboxylic acids is 1. The summed E-state index contributed by atoms with van der Waals surface area (Å²) in [5, 5.41) is 0.894. The van der Waals surface area contributed by atoms with Crippen molar-refractivity contribution in [2.24, 2.45) is 0 Å². The molecular formula is C16H11FO2. The summed E-state index contributed by atoms with van der Waals surface area (Å²) in [5.74, 6) is -0.330. The Morgan fingerprint density at radius 3 is 2.53 bits per heavy atom. The molecule has 94 valence electrons. The smallest absolute Gasteiger partial charge is 0.228 e. The SMILES string of the molecule is Cc1cccc2cc(C(=O)c3ccc(F)cc3)oc12. The molecule has 3 rings (SSSR count). The number of hydrogen-bond acceptors (Lipinski definition) is 2. The van der Waals surface area contributed by atoms with Crippen LogP contribution in [0.15, 0.2) is 52.9 Å². The Kier molecular flexibility index (Phi) is 2.67. The van der Waals surface area contributed by atoms with Crippen LogP contribution in [0.25, 0.3) is 11.0 Å². The lowest BCUT2D eigenvalue weighted by molar-refractivity contribution is 0.101. The van der Waals surface area contributed by atoms with Crippen molar-refractivity contribution in [3.8, 4) is 0 Å². The Morgan fingerprint density at radius 1 is 1.11 bits per heavy atom. The second-order valence-electron chi connectivity index (χ2n) is 4.44. The summed E-state index contributed by atoms with van der Waals surface area (Å²) >= 11 is 0. The Balaban J connectivity index is 2.06. The second-order valence-corrected chi connectivity index (χ2v) is 4.44. The van der Waals surface area contributed by atoms with E-state index < -0.39 is 0 Å². The zero-order valence-electron chi connectivity index (χ0n) is 10.3. The lowest BCUT2D eigenvalue weighted by Crippen LogP contribution is -1.99. The third kappa shape index (κ3) is 2.03. The van der Waals surface area contributed by atoms with Gasteiger partial charge in [-0.05, 0) is 42.8 Å². The topological polar surface area (TPSA) is 30.2 Å². The predicted octanol–water partition coefficient (Wildman–Crippen LogP) is 4.11. The molecule has 1 heterocycles. The van der Waals surface area contributed by atoms with Gasteiger partial charge in [-0.2, -0.15) is 0 Å². The van der Waals surface area contributed by atoms with Crippen LogP contribution >= 0.6 is 0 Å². The Labute approximate surface area is 109 Å². The Hall–Kier alpha value is -2.42. The average Bonchev–Trinajstić information content (AvgIpc) is 2.84. The fourth-order valence-electron chi connectivity index (χ4n) is 2.06. The largest absolute Gasteiger partial charge is 0.452 e. The van der Waals surface area contributed by atoms with Gasteiger partial charge in [0.05, 0.1) is 0 Å².